The van der Waals surface area contributed by atoms with Crippen LogP contribution >= 0.6 is 0 Å². The van der Waals surface area contributed by atoms with E-state index in [-0.39, 0.29) is 13.0 Å². The number of carboxylic acids is 1. The van der Waals surface area contributed by atoms with Gasteiger partial charge in [0.25, 0.3) is 0 Å². The van der Waals surface area contributed by atoms with Gasteiger partial charge in [-0.15, -0.1) is 0 Å². The summed E-state index contributed by atoms with van der Waals surface area (Å²) in [7, 11) is 1.57. The molecule has 17 heavy (non-hydrogen) atoms. The molecule has 0 aromatic heterocycles. The molecular weight excluding hydrogens is 224 g/mol. The molecule has 0 aromatic rings. The summed E-state index contributed by atoms with van der Waals surface area (Å²) in [4.78, 5) is 11.2. The van der Waals surface area contributed by atoms with Crippen molar-refractivity contribution in [3.63, 3.8) is 0 Å². The highest BCUT2D eigenvalue weighted by atomic mass is 16.5. The van der Waals surface area contributed by atoms with Gasteiger partial charge < -0.3 is 19.7 Å². The summed E-state index contributed by atoms with van der Waals surface area (Å²) >= 11 is 0. The minimum Gasteiger partial charge on any atom is -0.481 e. The summed E-state index contributed by atoms with van der Waals surface area (Å²) in [5.41, 5.74) is -0.876. The molecule has 0 aliphatic carbocycles. The lowest BCUT2D eigenvalue weighted by atomic mass is 9.80. The van der Waals surface area contributed by atoms with E-state index in [1.807, 2.05) is 6.92 Å². The number of aliphatic hydroxyl groups excluding tert-OH is 1. The highest BCUT2D eigenvalue weighted by Crippen LogP contribution is 2.29. The second-order valence-electron chi connectivity index (χ2n) is 4.54. The lowest BCUT2D eigenvalue weighted by Crippen LogP contribution is -2.33. The minimum absolute atomic E-state index is 0.149. The number of carboxylic acid groups (broad SMARTS) is 1. The zero-order chi connectivity index (χ0) is 13.3. The second kappa shape index (κ2) is 8.44. The van der Waals surface area contributed by atoms with Crippen molar-refractivity contribution >= 4 is 5.97 Å². The number of aliphatic hydroxyl groups is 1. The third kappa shape index (κ3) is 6.61. The predicted octanol–water partition coefficient (Wildman–Crippen LogP) is 1.29. The molecule has 0 heterocycles. The zero-order valence-electron chi connectivity index (χ0n) is 10.9. The van der Waals surface area contributed by atoms with Gasteiger partial charge in [0.2, 0.25) is 0 Å². The molecule has 0 aliphatic rings. The average molecular weight is 248 g/mol. The standard InChI is InChI=1S/C12H24O5/c1-4-5-12(2,11(14)15)8-10(13)9-17-7-6-16-3/h10,13H,4-9H2,1-3H3,(H,14,15). The van der Waals surface area contributed by atoms with Gasteiger partial charge in [-0.3, -0.25) is 4.79 Å². The molecule has 0 aliphatic heterocycles. The number of methoxy groups -OCH3 is 1. The first-order valence-electron chi connectivity index (χ1n) is 5.94. The summed E-state index contributed by atoms with van der Waals surface area (Å²) in [5, 5.41) is 18.9. The Morgan fingerprint density at radius 1 is 1.41 bits per heavy atom. The molecule has 0 radical (unpaired) electrons. The van der Waals surface area contributed by atoms with Crippen molar-refractivity contribution in [3.8, 4) is 0 Å². The van der Waals surface area contributed by atoms with Crippen LogP contribution in [0.3, 0.4) is 0 Å². The fourth-order valence-electron chi connectivity index (χ4n) is 1.79. The van der Waals surface area contributed by atoms with Crippen LogP contribution in [0.5, 0.6) is 0 Å². The van der Waals surface area contributed by atoms with Gasteiger partial charge in [-0.05, 0) is 19.8 Å². The number of carbonyl (C=O) groups is 1. The fourth-order valence-corrected chi connectivity index (χ4v) is 1.79. The second-order valence-corrected chi connectivity index (χ2v) is 4.54. The molecule has 2 atom stereocenters. The number of ether oxygens (including phenoxy) is 2. The van der Waals surface area contributed by atoms with E-state index in [9.17, 15) is 9.90 Å². The van der Waals surface area contributed by atoms with Gasteiger partial charge in [0, 0.05) is 7.11 Å². The Morgan fingerprint density at radius 3 is 2.53 bits per heavy atom. The van der Waals surface area contributed by atoms with Crippen LogP contribution in [0.15, 0.2) is 0 Å². The van der Waals surface area contributed by atoms with Crippen molar-refractivity contribution in [2.75, 3.05) is 26.9 Å². The number of hydrogen-bond donors (Lipinski definition) is 2. The lowest BCUT2D eigenvalue weighted by Gasteiger charge is -2.26. The third-order valence-corrected chi connectivity index (χ3v) is 2.75. The summed E-state index contributed by atoms with van der Waals surface area (Å²) in [5.74, 6) is -0.865. The maximum absolute atomic E-state index is 11.2. The Bertz CT molecular complexity index is 219. The lowest BCUT2D eigenvalue weighted by molar-refractivity contribution is -0.151. The summed E-state index contributed by atoms with van der Waals surface area (Å²) < 4.78 is 9.97. The molecule has 102 valence electrons. The van der Waals surface area contributed by atoms with Crippen molar-refractivity contribution in [1.82, 2.24) is 0 Å². The fraction of sp³-hybridized carbons (Fsp3) is 0.917. The van der Waals surface area contributed by atoms with E-state index >= 15 is 0 Å². The van der Waals surface area contributed by atoms with Gasteiger partial charge in [-0.1, -0.05) is 13.3 Å². The molecule has 5 heteroatoms. The molecular formula is C12H24O5. The van der Waals surface area contributed by atoms with Crippen LogP contribution in [-0.2, 0) is 14.3 Å². The van der Waals surface area contributed by atoms with Crippen molar-refractivity contribution < 1.29 is 24.5 Å². The topological polar surface area (TPSA) is 76.0 Å². The highest BCUT2D eigenvalue weighted by molar-refractivity contribution is 5.74. The Labute approximate surface area is 103 Å². The van der Waals surface area contributed by atoms with Gasteiger partial charge in [-0.25, -0.2) is 0 Å². The number of rotatable bonds is 10. The van der Waals surface area contributed by atoms with E-state index in [1.54, 1.807) is 14.0 Å². The van der Waals surface area contributed by atoms with Crippen LogP contribution in [0, 0.1) is 5.41 Å². The van der Waals surface area contributed by atoms with E-state index in [4.69, 9.17) is 14.6 Å². The van der Waals surface area contributed by atoms with Gasteiger partial charge in [0.1, 0.15) is 0 Å². The Balaban J connectivity index is 4.04. The predicted molar refractivity (Wildman–Crippen MR) is 64.0 cm³/mol. The van der Waals surface area contributed by atoms with Crippen molar-refractivity contribution in [2.24, 2.45) is 5.41 Å². The van der Waals surface area contributed by atoms with E-state index in [0.29, 0.717) is 19.6 Å². The average Bonchev–Trinajstić information content (AvgIpc) is 2.24. The Hall–Kier alpha value is -0.650. The van der Waals surface area contributed by atoms with Crippen LogP contribution < -0.4 is 0 Å². The number of hydrogen-bond acceptors (Lipinski definition) is 4. The summed E-state index contributed by atoms with van der Waals surface area (Å²) in [6.45, 7) is 4.62. The normalized spacial score (nSPS) is 16.5. The monoisotopic (exact) mass is 248 g/mol. The maximum atomic E-state index is 11.2. The third-order valence-electron chi connectivity index (χ3n) is 2.75. The first-order valence-corrected chi connectivity index (χ1v) is 5.94. The molecule has 0 rings (SSSR count). The first kappa shape index (κ1) is 16.4. The van der Waals surface area contributed by atoms with Crippen molar-refractivity contribution in [3.05, 3.63) is 0 Å². The van der Waals surface area contributed by atoms with E-state index in [2.05, 4.69) is 0 Å². The van der Waals surface area contributed by atoms with E-state index < -0.39 is 17.5 Å². The molecule has 0 bridgehead atoms. The minimum atomic E-state index is -0.876. The molecule has 0 saturated carbocycles. The zero-order valence-corrected chi connectivity index (χ0v) is 10.9. The van der Waals surface area contributed by atoms with E-state index in [1.165, 1.54) is 0 Å². The Kier molecular flexibility index (Phi) is 8.12. The van der Waals surface area contributed by atoms with Crippen LogP contribution in [0.25, 0.3) is 0 Å². The van der Waals surface area contributed by atoms with Crippen LogP contribution in [0.1, 0.15) is 33.1 Å². The quantitative estimate of drug-likeness (QED) is 0.570. The molecule has 0 fully saturated rings. The maximum Gasteiger partial charge on any atom is 0.309 e. The van der Waals surface area contributed by atoms with Crippen LogP contribution in [0.2, 0.25) is 0 Å². The molecule has 0 spiro atoms. The highest BCUT2D eigenvalue weighted by Gasteiger charge is 2.34. The molecule has 0 aromatic carbocycles. The smallest absolute Gasteiger partial charge is 0.309 e. The summed E-state index contributed by atoms with van der Waals surface area (Å²) in [6.07, 6.45) is 0.792. The first-order chi connectivity index (χ1) is 7.96. The van der Waals surface area contributed by atoms with Crippen LogP contribution in [0.4, 0.5) is 0 Å². The molecule has 2 unspecified atom stereocenters. The summed E-state index contributed by atoms with van der Waals surface area (Å²) in [6, 6.07) is 0. The molecule has 2 N–H and O–H groups in total. The molecule has 0 saturated heterocycles. The SMILES string of the molecule is CCCC(C)(CC(O)COCCOC)C(=O)O. The van der Waals surface area contributed by atoms with Gasteiger partial charge in [0.05, 0.1) is 31.3 Å². The molecule has 5 nitrogen and oxygen atoms in total. The van der Waals surface area contributed by atoms with Gasteiger partial charge >= 0.3 is 5.97 Å². The van der Waals surface area contributed by atoms with Crippen molar-refractivity contribution in [1.29, 1.82) is 0 Å². The van der Waals surface area contributed by atoms with Gasteiger partial charge in [-0.2, -0.15) is 0 Å². The Morgan fingerprint density at radius 2 is 2.06 bits per heavy atom. The van der Waals surface area contributed by atoms with Crippen molar-refractivity contribution in [2.45, 2.75) is 39.2 Å². The number of aliphatic carboxylic acids is 1. The van der Waals surface area contributed by atoms with E-state index in [0.717, 1.165) is 6.42 Å². The van der Waals surface area contributed by atoms with Gasteiger partial charge in [0.15, 0.2) is 0 Å². The van der Waals surface area contributed by atoms with Crippen LogP contribution in [-0.4, -0.2) is 49.2 Å². The largest absolute Gasteiger partial charge is 0.481 e. The molecule has 0 amide bonds.